The summed E-state index contributed by atoms with van der Waals surface area (Å²) >= 11 is 9.64. The lowest BCUT2D eigenvalue weighted by atomic mass is 10.2. The Hall–Kier alpha value is -1.62. The predicted octanol–water partition coefficient (Wildman–Crippen LogP) is 4.90. The fraction of sp³-hybridized carbons (Fsp3) is 0.0625. The number of nitrogens with zero attached hydrogens (tertiary/aromatic N) is 1. The molecule has 3 aromatic rings. The molecule has 0 fully saturated rings. The number of pyridine rings is 1. The number of fused-ring (bicyclic) bond motifs is 1. The van der Waals surface area contributed by atoms with Gasteiger partial charge in [-0.2, -0.15) is 0 Å². The molecule has 0 aliphatic rings. The van der Waals surface area contributed by atoms with Gasteiger partial charge in [-0.15, -0.1) is 0 Å². The van der Waals surface area contributed by atoms with E-state index in [1.807, 2.05) is 36.4 Å². The molecule has 0 radical (unpaired) electrons. The summed E-state index contributed by atoms with van der Waals surface area (Å²) in [5.41, 5.74) is 7.42. The molecule has 106 valence electrons. The topological polar surface area (TPSA) is 48.1 Å². The van der Waals surface area contributed by atoms with Gasteiger partial charge in [0.05, 0.1) is 5.02 Å². The van der Waals surface area contributed by atoms with Crippen LogP contribution in [0, 0.1) is 0 Å². The van der Waals surface area contributed by atoms with E-state index in [-0.39, 0.29) is 0 Å². The molecule has 0 bridgehead atoms. The van der Waals surface area contributed by atoms with Gasteiger partial charge in [-0.3, -0.25) is 4.98 Å². The predicted molar refractivity (Wildman–Crippen MR) is 88.9 cm³/mol. The lowest BCUT2D eigenvalue weighted by molar-refractivity contribution is 0.480. The summed E-state index contributed by atoms with van der Waals surface area (Å²) < 4.78 is 6.95. The molecule has 0 saturated heterocycles. The highest BCUT2D eigenvalue weighted by molar-refractivity contribution is 9.10. The number of aromatic nitrogens is 1. The van der Waals surface area contributed by atoms with Gasteiger partial charge in [-0.1, -0.05) is 33.6 Å². The Morgan fingerprint density at radius 2 is 2.00 bits per heavy atom. The molecule has 0 spiro atoms. The van der Waals surface area contributed by atoms with Gasteiger partial charge in [0, 0.05) is 28.2 Å². The second-order valence-corrected chi connectivity index (χ2v) is 5.83. The minimum absolute atomic E-state index is 0.404. The van der Waals surface area contributed by atoms with Gasteiger partial charge in [-0.05, 0) is 36.4 Å². The van der Waals surface area contributed by atoms with Crippen molar-refractivity contribution in [2.24, 2.45) is 5.73 Å². The second kappa shape index (κ2) is 6.02. The van der Waals surface area contributed by atoms with Crippen LogP contribution in [-0.2, 0) is 6.54 Å². The van der Waals surface area contributed by atoms with Gasteiger partial charge < -0.3 is 10.5 Å². The zero-order valence-corrected chi connectivity index (χ0v) is 13.4. The molecule has 21 heavy (non-hydrogen) atoms. The average molecular weight is 364 g/mol. The van der Waals surface area contributed by atoms with E-state index >= 15 is 0 Å². The molecule has 0 unspecified atom stereocenters. The van der Waals surface area contributed by atoms with Gasteiger partial charge in [0.1, 0.15) is 11.3 Å². The summed E-state index contributed by atoms with van der Waals surface area (Å²) in [4.78, 5) is 4.36. The Balaban J connectivity index is 2.11. The van der Waals surface area contributed by atoms with Crippen LogP contribution in [0.5, 0.6) is 11.5 Å². The summed E-state index contributed by atoms with van der Waals surface area (Å²) in [6, 6.07) is 13.2. The molecule has 0 atom stereocenters. The molecule has 0 aliphatic carbocycles. The van der Waals surface area contributed by atoms with Crippen LogP contribution in [0.1, 0.15) is 5.56 Å². The maximum Gasteiger partial charge on any atom is 0.153 e. The molecule has 1 heterocycles. The lowest BCUT2D eigenvalue weighted by Gasteiger charge is -2.12. The van der Waals surface area contributed by atoms with Crippen molar-refractivity contribution in [1.82, 2.24) is 4.98 Å². The fourth-order valence-corrected chi connectivity index (χ4v) is 2.66. The third kappa shape index (κ3) is 2.88. The van der Waals surface area contributed by atoms with Gasteiger partial charge in [0.15, 0.2) is 5.75 Å². The van der Waals surface area contributed by atoms with Crippen molar-refractivity contribution in [2.75, 3.05) is 0 Å². The minimum Gasteiger partial charge on any atom is -0.455 e. The molecule has 2 aromatic carbocycles. The van der Waals surface area contributed by atoms with Gasteiger partial charge in [-0.25, -0.2) is 0 Å². The SMILES string of the molecule is NCc1ccc(Br)cc1Oc1ccc(Cl)c2cccnc12. The minimum atomic E-state index is 0.404. The first kappa shape index (κ1) is 14.3. The molecular formula is C16H12BrClN2O. The van der Waals surface area contributed by atoms with E-state index in [1.165, 1.54) is 0 Å². The Morgan fingerprint density at radius 1 is 1.14 bits per heavy atom. The number of benzene rings is 2. The van der Waals surface area contributed by atoms with Crippen LogP contribution in [0.4, 0.5) is 0 Å². The van der Waals surface area contributed by atoms with Crippen molar-refractivity contribution in [1.29, 1.82) is 0 Å². The second-order valence-electron chi connectivity index (χ2n) is 4.50. The van der Waals surface area contributed by atoms with Gasteiger partial charge in [0.25, 0.3) is 0 Å². The molecule has 0 amide bonds. The highest BCUT2D eigenvalue weighted by atomic mass is 79.9. The molecule has 3 nitrogen and oxygen atoms in total. The maximum absolute atomic E-state index is 6.19. The van der Waals surface area contributed by atoms with Crippen LogP contribution < -0.4 is 10.5 Å². The largest absolute Gasteiger partial charge is 0.455 e. The Bertz CT molecular complexity index is 807. The number of halogens is 2. The first-order valence-electron chi connectivity index (χ1n) is 6.38. The first-order chi connectivity index (χ1) is 10.2. The van der Waals surface area contributed by atoms with Crippen molar-refractivity contribution in [3.8, 4) is 11.5 Å². The Morgan fingerprint density at radius 3 is 2.81 bits per heavy atom. The normalized spacial score (nSPS) is 10.8. The van der Waals surface area contributed by atoms with Gasteiger partial charge in [0.2, 0.25) is 0 Å². The van der Waals surface area contributed by atoms with E-state index in [2.05, 4.69) is 20.9 Å². The van der Waals surface area contributed by atoms with E-state index in [9.17, 15) is 0 Å². The molecule has 3 rings (SSSR count). The zero-order chi connectivity index (χ0) is 14.8. The summed E-state index contributed by atoms with van der Waals surface area (Å²) in [7, 11) is 0. The zero-order valence-electron chi connectivity index (χ0n) is 11.0. The Labute approximate surface area is 135 Å². The summed E-state index contributed by atoms with van der Waals surface area (Å²) in [5, 5.41) is 1.51. The first-order valence-corrected chi connectivity index (χ1v) is 7.55. The van der Waals surface area contributed by atoms with E-state index in [4.69, 9.17) is 22.1 Å². The van der Waals surface area contributed by atoms with E-state index in [1.54, 1.807) is 12.3 Å². The smallest absolute Gasteiger partial charge is 0.153 e. The maximum atomic E-state index is 6.19. The molecular weight excluding hydrogens is 352 g/mol. The third-order valence-electron chi connectivity index (χ3n) is 3.15. The van der Waals surface area contributed by atoms with Crippen LogP contribution in [0.2, 0.25) is 5.02 Å². The molecule has 1 aromatic heterocycles. The van der Waals surface area contributed by atoms with Crippen molar-refractivity contribution in [2.45, 2.75) is 6.54 Å². The quantitative estimate of drug-likeness (QED) is 0.720. The summed E-state index contributed by atoms with van der Waals surface area (Å²) in [5.74, 6) is 1.36. The number of rotatable bonds is 3. The summed E-state index contributed by atoms with van der Waals surface area (Å²) in [6.07, 6.45) is 1.72. The number of nitrogens with two attached hydrogens (primary N) is 1. The number of hydrogen-bond acceptors (Lipinski definition) is 3. The van der Waals surface area contributed by atoms with E-state index < -0.39 is 0 Å². The monoisotopic (exact) mass is 362 g/mol. The van der Waals surface area contributed by atoms with Gasteiger partial charge >= 0.3 is 0 Å². The van der Waals surface area contributed by atoms with Crippen molar-refractivity contribution in [3.05, 3.63) is 63.7 Å². The molecule has 0 saturated carbocycles. The van der Waals surface area contributed by atoms with Crippen LogP contribution in [0.25, 0.3) is 10.9 Å². The lowest BCUT2D eigenvalue weighted by Crippen LogP contribution is -1.99. The van der Waals surface area contributed by atoms with Crippen molar-refractivity contribution < 1.29 is 4.74 Å². The van der Waals surface area contributed by atoms with E-state index in [0.717, 1.165) is 20.9 Å². The average Bonchev–Trinajstić information content (AvgIpc) is 2.51. The highest BCUT2D eigenvalue weighted by Crippen LogP contribution is 2.34. The van der Waals surface area contributed by atoms with Crippen LogP contribution in [-0.4, -0.2) is 4.98 Å². The fourth-order valence-electron chi connectivity index (χ4n) is 2.10. The number of ether oxygens (including phenoxy) is 1. The molecule has 0 aliphatic heterocycles. The standard InChI is InChI=1S/C16H12BrClN2O/c17-11-4-3-10(9-19)15(8-11)21-14-6-5-13(18)12-2-1-7-20-16(12)14/h1-8H,9,19H2. The highest BCUT2D eigenvalue weighted by Gasteiger charge is 2.10. The Kier molecular flexibility index (Phi) is 4.10. The van der Waals surface area contributed by atoms with Crippen LogP contribution in [0.3, 0.4) is 0 Å². The number of hydrogen-bond donors (Lipinski definition) is 1. The van der Waals surface area contributed by atoms with Crippen LogP contribution in [0.15, 0.2) is 53.1 Å². The van der Waals surface area contributed by atoms with Crippen molar-refractivity contribution in [3.63, 3.8) is 0 Å². The van der Waals surface area contributed by atoms with Crippen LogP contribution >= 0.6 is 27.5 Å². The summed E-state index contributed by atoms with van der Waals surface area (Å²) in [6.45, 7) is 0.404. The van der Waals surface area contributed by atoms with E-state index in [0.29, 0.717) is 23.1 Å². The van der Waals surface area contributed by atoms with Crippen molar-refractivity contribution >= 4 is 38.4 Å². The third-order valence-corrected chi connectivity index (χ3v) is 3.97. The molecule has 2 N–H and O–H groups in total. The molecule has 5 heteroatoms.